The Morgan fingerprint density at radius 1 is 1.29 bits per heavy atom. The number of rotatable bonds is 9. The second kappa shape index (κ2) is 7.98. The van der Waals surface area contributed by atoms with Crippen molar-refractivity contribution < 1.29 is 19.1 Å². The summed E-state index contributed by atoms with van der Waals surface area (Å²) < 4.78 is 4.70. The van der Waals surface area contributed by atoms with Crippen LogP contribution in [-0.4, -0.2) is 24.6 Å². The molecule has 3 unspecified atom stereocenters. The first-order valence-corrected chi connectivity index (χ1v) is 6.02. The summed E-state index contributed by atoms with van der Waals surface area (Å²) >= 11 is 0. The van der Waals surface area contributed by atoms with Crippen LogP contribution in [0.5, 0.6) is 0 Å². The fourth-order valence-corrected chi connectivity index (χ4v) is 1.56. The van der Waals surface area contributed by atoms with Crippen molar-refractivity contribution in [1.29, 1.82) is 0 Å². The number of hydrogen-bond donors (Lipinski definition) is 0. The van der Waals surface area contributed by atoms with Gasteiger partial charge in [-0.05, 0) is 13.3 Å². The molecule has 17 heavy (non-hydrogen) atoms. The third kappa shape index (κ3) is 5.61. The number of carbonyl (C=O) groups is 3. The highest BCUT2D eigenvalue weighted by Crippen LogP contribution is 2.20. The molecule has 0 rings (SSSR count). The van der Waals surface area contributed by atoms with Crippen molar-refractivity contribution in [1.82, 2.24) is 0 Å². The van der Waals surface area contributed by atoms with Crippen molar-refractivity contribution in [2.24, 2.45) is 17.8 Å². The summed E-state index contributed by atoms with van der Waals surface area (Å²) in [7, 11) is 0. The van der Waals surface area contributed by atoms with Crippen LogP contribution in [-0.2, 0) is 19.1 Å². The lowest BCUT2D eigenvalue weighted by Gasteiger charge is -2.21. The molecule has 4 nitrogen and oxygen atoms in total. The van der Waals surface area contributed by atoms with Gasteiger partial charge in [0, 0.05) is 24.2 Å². The molecule has 0 heterocycles. The summed E-state index contributed by atoms with van der Waals surface area (Å²) in [5, 5.41) is 0. The van der Waals surface area contributed by atoms with E-state index in [2.05, 4.69) is 0 Å². The van der Waals surface area contributed by atoms with E-state index in [1.807, 2.05) is 13.8 Å². The van der Waals surface area contributed by atoms with Crippen molar-refractivity contribution in [3.63, 3.8) is 0 Å². The molecular weight excluding hydrogens is 220 g/mol. The molecule has 0 bridgehead atoms. The summed E-state index contributed by atoms with van der Waals surface area (Å²) in [5.41, 5.74) is 0. The second-order valence-electron chi connectivity index (χ2n) is 4.57. The molecule has 0 radical (unpaired) electrons. The molecule has 0 aliphatic carbocycles. The van der Waals surface area contributed by atoms with Gasteiger partial charge in [0.05, 0.1) is 6.61 Å². The van der Waals surface area contributed by atoms with Crippen molar-refractivity contribution >= 4 is 18.0 Å². The Bertz CT molecular complexity index is 273. The van der Waals surface area contributed by atoms with E-state index in [0.717, 1.165) is 6.42 Å². The first kappa shape index (κ1) is 15.8. The van der Waals surface area contributed by atoms with Crippen LogP contribution in [0, 0.1) is 17.8 Å². The molecule has 0 aliphatic rings. The first-order valence-electron chi connectivity index (χ1n) is 6.02. The minimum atomic E-state index is -0.261. The predicted octanol–water partition coefficient (Wildman–Crippen LogP) is 2.01. The minimum Gasteiger partial charge on any atom is -0.468 e. The Balaban J connectivity index is 4.52. The Morgan fingerprint density at radius 3 is 2.29 bits per heavy atom. The van der Waals surface area contributed by atoms with E-state index in [4.69, 9.17) is 4.74 Å². The summed E-state index contributed by atoms with van der Waals surface area (Å²) in [5.74, 6) is -0.336. The van der Waals surface area contributed by atoms with E-state index >= 15 is 0 Å². The largest absolute Gasteiger partial charge is 0.468 e. The van der Waals surface area contributed by atoms with Gasteiger partial charge in [0.2, 0.25) is 0 Å². The van der Waals surface area contributed by atoms with E-state index in [1.165, 1.54) is 6.92 Å². The van der Waals surface area contributed by atoms with E-state index < -0.39 is 0 Å². The highest BCUT2D eigenvalue weighted by Gasteiger charge is 2.26. The third-order valence-corrected chi connectivity index (χ3v) is 3.35. The van der Waals surface area contributed by atoms with Crippen molar-refractivity contribution in [3.8, 4) is 0 Å². The molecule has 0 aromatic heterocycles. The van der Waals surface area contributed by atoms with Crippen LogP contribution in [0.2, 0.25) is 0 Å². The molecule has 3 atom stereocenters. The highest BCUT2D eigenvalue weighted by molar-refractivity contribution is 5.83. The summed E-state index contributed by atoms with van der Waals surface area (Å²) in [6, 6.07) is 0. The number of carbonyl (C=O) groups excluding carboxylic acids is 3. The van der Waals surface area contributed by atoms with Crippen LogP contribution in [0.4, 0.5) is 0 Å². The molecule has 0 spiro atoms. The fourth-order valence-electron chi connectivity index (χ4n) is 1.56. The Morgan fingerprint density at radius 2 is 1.88 bits per heavy atom. The van der Waals surface area contributed by atoms with E-state index in [0.29, 0.717) is 12.9 Å². The SMILES string of the molecule is CCC(C)C(=O)CC(COC=O)C(C)C(C)=O. The summed E-state index contributed by atoms with van der Waals surface area (Å²) in [4.78, 5) is 33.3. The highest BCUT2D eigenvalue weighted by atomic mass is 16.5. The van der Waals surface area contributed by atoms with Crippen LogP contribution in [0.1, 0.15) is 40.5 Å². The van der Waals surface area contributed by atoms with Crippen LogP contribution in [0.25, 0.3) is 0 Å². The molecule has 0 aromatic rings. The molecule has 0 aromatic carbocycles. The lowest BCUT2D eigenvalue weighted by Crippen LogP contribution is -2.27. The quantitative estimate of drug-likeness (QED) is 0.580. The summed E-state index contributed by atoms with van der Waals surface area (Å²) in [6.45, 7) is 7.57. The van der Waals surface area contributed by atoms with Crippen LogP contribution in [0.3, 0.4) is 0 Å². The van der Waals surface area contributed by atoms with Gasteiger partial charge >= 0.3 is 0 Å². The molecular formula is C13H22O4. The first-order chi connectivity index (χ1) is 7.93. The molecule has 0 saturated heterocycles. The van der Waals surface area contributed by atoms with Gasteiger partial charge in [-0.1, -0.05) is 20.8 Å². The molecule has 0 N–H and O–H groups in total. The van der Waals surface area contributed by atoms with Gasteiger partial charge in [0.25, 0.3) is 6.47 Å². The zero-order chi connectivity index (χ0) is 13.4. The van der Waals surface area contributed by atoms with Crippen molar-refractivity contribution in [2.45, 2.75) is 40.5 Å². The summed E-state index contributed by atoms with van der Waals surface area (Å²) in [6.07, 6.45) is 1.08. The Labute approximate surface area is 103 Å². The third-order valence-electron chi connectivity index (χ3n) is 3.35. The maximum atomic E-state index is 11.8. The van der Waals surface area contributed by atoms with E-state index in [9.17, 15) is 14.4 Å². The molecule has 0 amide bonds. The van der Waals surface area contributed by atoms with Gasteiger partial charge in [0.1, 0.15) is 11.6 Å². The zero-order valence-electron chi connectivity index (χ0n) is 11.1. The number of ketones is 2. The van der Waals surface area contributed by atoms with Gasteiger partial charge in [-0.2, -0.15) is 0 Å². The fraction of sp³-hybridized carbons (Fsp3) is 0.769. The molecule has 0 aliphatic heterocycles. The minimum absolute atomic E-state index is 0.00658. The maximum Gasteiger partial charge on any atom is 0.293 e. The number of ether oxygens (including phenoxy) is 1. The lowest BCUT2D eigenvalue weighted by molar-refractivity contribution is -0.135. The Kier molecular flexibility index (Phi) is 7.42. The zero-order valence-corrected chi connectivity index (χ0v) is 11.1. The van der Waals surface area contributed by atoms with Crippen molar-refractivity contribution in [2.75, 3.05) is 6.61 Å². The van der Waals surface area contributed by atoms with E-state index in [1.54, 1.807) is 6.92 Å². The van der Waals surface area contributed by atoms with Gasteiger partial charge in [-0.3, -0.25) is 14.4 Å². The molecule has 4 heteroatoms. The number of hydrogen-bond acceptors (Lipinski definition) is 4. The molecule has 0 saturated carbocycles. The van der Waals surface area contributed by atoms with Crippen LogP contribution >= 0.6 is 0 Å². The van der Waals surface area contributed by atoms with Gasteiger partial charge in [0.15, 0.2) is 0 Å². The van der Waals surface area contributed by atoms with E-state index in [-0.39, 0.29) is 35.9 Å². The monoisotopic (exact) mass is 242 g/mol. The Hall–Kier alpha value is -1.19. The molecule has 98 valence electrons. The number of Topliss-reactive ketones (excluding diaryl/α,β-unsaturated/α-hetero) is 2. The average molecular weight is 242 g/mol. The van der Waals surface area contributed by atoms with Crippen LogP contribution < -0.4 is 0 Å². The second-order valence-corrected chi connectivity index (χ2v) is 4.57. The standard InChI is InChI=1S/C13H22O4/c1-5-9(2)13(16)6-12(7-17-8-14)10(3)11(4)15/h8-10,12H,5-7H2,1-4H3. The smallest absolute Gasteiger partial charge is 0.293 e. The average Bonchev–Trinajstić information content (AvgIpc) is 2.31. The van der Waals surface area contributed by atoms with Crippen molar-refractivity contribution in [3.05, 3.63) is 0 Å². The topological polar surface area (TPSA) is 60.4 Å². The molecule has 0 fully saturated rings. The van der Waals surface area contributed by atoms with Crippen LogP contribution in [0.15, 0.2) is 0 Å². The van der Waals surface area contributed by atoms with Gasteiger partial charge < -0.3 is 4.74 Å². The lowest BCUT2D eigenvalue weighted by atomic mass is 9.84. The normalized spacial score (nSPS) is 15.8. The maximum absolute atomic E-state index is 11.8. The predicted molar refractivity (Wildman–Crippen MR) is 64.4 cm³/mol. The van der Waals surface area contributed by atoms with Gasteiger partial charge in [-0.25, -0.2) is 0 Å². The van der Waals surface area contributed by atoms with Gasteiger partial charge in [-0.15, -0.1) is 0 Å².